The van der Waals surface area contributed by atoms with Gasteiger partial charge in [0.2, 0.25) is 0 Å². The van der Waals surface area contributed by atoms with Gasteiger partial charge < -0.3 is 15.4 Å². The van der Waals surface area contributed by atoms with Crippen LogP contribution in [0.2, 0.25) is 0 Å². The van der Waals surface area contributed by atoms with Gasteiger partial charge in [-0.05, 0) is 49.1 Å². The number of ether oxygens (including phenoxy) is 1. The number of amides is 1. The van der Waals surface area contributed by atoms with E-state index in [0.717, 1.165) is 19.3 Å². The van der Waals surface area contributed by atoms with Gasteiger partial charge in [-0.1, -0.05) is 0 Å². The van der Waals surface area contributed by atoms with Crippen molar-refractivity contribution in [1.82, 2.24) is 4.90 Å². The molecule has 6 heteroatoms. The average Bonchev–Trinajstić information content (AvgIpc) is 3.21. The van der Waals surface area contributed by atoms with Gasteiger partial charge in [0.25, 0.3) is 5.91 Å². The number of rotatable bonds is 4. The lowest BCUT2D eigenvalue weighted by Gasteiger charge is -2.37. The van der Waals surface area contributed by atoms with Crippen LogP contribution in [0.4, 0.5) is 0 Å². The molecule has 1 aromatic rings. The predicted molar refractivity (Wildman–Crippen MR) is 79.8 cm³/mol. The number of carbonyl (C=O) groups excluding carboxylic acids is 2. The maximum Gasteiger partial charge on any atom is 0.332 e. The highest BCUT2D eigenvalue weighted by Crippen LogP contribution is 2.48. The first kappa shape index (κ1) is 14.5. The number of hydrogen-bond acceptors (Lipinski definition) is 5. The van der Waals surface area contributed by atoms with Crippen LogP contribution < -0.4 is 5.73 Å². The van der Waals surface area contributed by atoms with E-state index < -0.39 is 12.0 Å². The summed E-state index contributed by atoms with van der Waals surface area (Å²) in [5.41, 5.74) is 7.04. The Morgan fingerprint density at radius 1 is 1.52 bits per heavy atom. The molecule has 0 saturated heterocycles. The molecule has 1 saturated carbocycles. The third-order valence-electron chi connectivity index (χ3n) is 4.17. The molecule has 0 radical (unpaired) electrons. The second-order valence-electron chi connectivity index (χ2n) is 5.59. The van der Waals surface area contributed by atoms with Crippen LogP contribution in [0.15, 0.2) is 11.4 Å². The summed E-state index contributed by atoms with van der Waals surface area (Å²) in [5.74, 6) is -0.424. The third kappa shape index (κ3) is 2.70. The summed E-state index contributed by atoms with van der Waals surface area (Å²) in [4.78, 5) is 27.5. The van der Waals surface area contributed by atoms with Crippen molar-refractivity contribution in [2.45, 2.75) is 38.3 Å². The van der Waals surface area contributed by atoms with E-state index in [2.05, 4.69) is 11.4 Å². The van der Waals surface area contributed by atoms with Crippen molar-refractivity contribution in [2.24, 2.45) is 11.7 Å². The lowest BCUT2D eigenvalue weighted by atomic mass is 9.95. The van der Waals surface area contributed by atoms with Gasteiger partial charge in [0.15, 0.2) is 6.04 Å². The topological polar surface area (TPSA) is 72.6 Å². The molecular formula is C15H20N2O3S. The van der Waals surface area contributed by atoms with E-state index in [-0.39, 0.29) is 18.6 Å². The van der Waals surface area contributed by atoms with Gasteiger partial charge in [0, 0.05) is 11.4 Å². The van der Waals surface area contributed by atoms with Crippen LogP contribution in [-0.2, 0) is 20.7 Å². The van der Waals surface area contributed by atoms with Crippen LogP contribution in [0.25, 0.3) is 0 Å². The molecule has 1 aliphatic heterocycles. The van der Waals surface area contributed by atoms with E-state index in [9.17, 15) is 9.59 Å². The molecule has 114 valence electrons. The minimum Gasteiger partial charge on any atom is -0.464 e. The number of fused-ring (bicyclic) bond motifs is 1. The van der Waals surface area contributed by atoms with Crippen LogP contribution >= 0.6 is 11.3 Å². The molecule has 1 amide bonds. The lowest BCUT2D eigenvalue weighted by molar-refractivity contribution is -0.152. The molecule has 21 heavy (non-hydrogen) atoms. The highest BCUT2D eigenvalue weighted by molar-refractivity contribution is 7.10. The highest BCUT2D eigenvalue weighted by Gasteiger charge is 2.43. The van der Waals surface area contributed by atoms with E-state index in [4.69, 9.17) is 10.5 Å². The molecule has 2 atom stereocenters. The maximum atomic E-state index is 12.6. The fraction of sp³-hybridized carbons (Fsp3) is 0.600. The number of nitrogens with two attached hydrogens (primary N) is 1. The van der Waals surface area contributed by atoms with E-state index in [1.165, 1.54) is 10.4 Å². The van der Waals surface area contributed by atoms with Gasteiger partial charge >= 0.3 is 5.97 Å². The average molecular weight is 308 g/mol. The number of thiophene rings is 1. The summed E-state index contributed by atoms with van der Waals surface area (Å²) in [5, 5.41) is 2.08. The number of carbonyl (C=O) groups is 2. The molecule has 0 spiro atoms. The van der Waals surface area contributed by atoms with Gasteiger partial charge in [0.1, 0.15) is 0 Å². The monoisotopic (exact) mass is 308 g/mol. The second-order valence-corrected chi connectivity index (χ2v) is 6.59. The Labute approximate surface area is 128 Å². The van der Waals surface area contributed by atoms with Crippen molar-refractivity contribution >= 4 is 23.2 Å². The molecule has 1 aromatic heterocycles. The van der Waals surface area contributed by atoms with Crippen molar-refractivity contribution in [3.8, 4) is 0 Å². The third-order valence-corrected chi connectivity index (χ3v) is 5.17. The standard InChI is InChI=1S/C15H20N2O3S/c1-2-20-15(19)12(16)14(18)17-7-5-11-10(6-8-21-11)13(17)9-3-4-9/h6,8-9,12-13H,2-5,7,16H2,1H3. The zero-order chi connectivity index (χ0) is 15.0. The normalized spacial score (nSPS) is 22.6. The van der Waals surface area contributed by atoms with Crippen molar-refractivity contribution in [2.75, 3.05) is 13.2 Å². The molecule has 1 fully saturated rings. The molecular weight excluding hydrogens is 288 g/mol. The van der Waals surface area contributed by atoms with Gasteiger partial charge in [-0.25, -0.2) is 4.79 Å². The molecule has 2 aliphatic rings. The molecule has 2 heterocycles. The first-order valence-electron chi connectivity index (χ1n) is 7.42. The summed E-state index contributed by atoms with van der Waals surface area (Å²) >= 11 is 1.75. The van der Waals surface area contributed by atoms with Crippen molar-refractivity contribution in [3.63, 3.8) is 0 Å². The van der Waals surface area contributed by atoms with Gasteiger partial charge in [-0.2, -0.15) is 0 Å². The molecule has 0 bridgehead atoms. The zero-order valence-corrected chi connectivity index (χ0v) is 12.9. The Morgan fingerprint density at radius 2 is 2.29 bits per heavy atom. The fourth-order valence-electron chi connectivity index (χ4n) is 3.03. The van der Waals surface area contributed by atoms with E-state index in [1.807, 2.05) is 0 Å². The molecule has 1 aliphatic carbocycles. The highest BCUT2D eigenvalue weighted by atomic mass is 32.1. The van der Waals surface area contributed by atoms with Crippen molar-refractivity contribution < 1.29 is 14.3 Å². The maximum absolute atomic E-state index is 12.6. The quantitative estimate of drug-likeness (QED) is 0.675. The van der Waals surface area contributed by atoms with Gasteiger partial charge in [0.05, 0.1) is 12.6 Å². The Balaban J connectivity index is 1.81. The Bertz CT molecular complexity index is 553. The first-order chi connectivity index (χ1) is 10.1. The molecule has 3 rings (SSSR count). The predicted octanol–water partition coefficient (Wildman–Crippen LogP) is 1.47. The summed E-state index contributed by atoms with van der Waals surface area (Å²) in [6, 6.07) is 0.998. The molecule has 2 N–H and O–H groups in total. The minimum atomic E-state index is -1.20. The smallest absolute Gasteiger partial charge is 0.332 e. The van der Waals surface area contributed by atoms with Crippen molar-refractivity contribution in [3.05, 3.63) is 21.9 Å². The zero-order valence-electron chi connectivity index (χ0n) is 12.1. The number of hydrogen-bond donors (Lipinski definition) is 1. The fourth-order valence-corrected chi connectivity index (χ4v) is 3.94. The van der Waals surface area contributed by atoms with E-state index >= 15 is 0 Å². The summed E-state index contributed by atoms with van der Waals surface area (Å²) in [6.07, 6.45) is 3.12. The summed E-state index contributed by atoms with van der Waals surface area (Å²) < 4.78 is 4.87. The largest absolute Gasteiger partial charge is 0.464 e. The van der Waals surface area contributed by atoms with E-state index in [1.54, 1.807) is 23.2 Å². The molecule has 2 unspecified atom stereocenters. The van der Waals surface area contributed by atoms with Crippen molar-refractivity contribution in [1.29, 1.82) is 0 Å². The SMILES string of the molecule is CCOC(=O)C(N)C(=O)N1CCc2sccc2C1C1CC1. The first-order valence-corrected chi connectivity index (χ1v) is 8.30. The van der Waals surface area contributed by atoms with Crippen LogP contribution in [0.1, 0.15) is 36.2 Å². The lowest BCUT2D eigenvalue weighted by Crippen LogP contribution is -2.52. The Kier molecular flexibility index (Phi) is 3.99. The number of nitrogens with zero attached hydrogens (tertiary/aromatic N) is 1. The Morgan fingerprint density at radius 3 is 2.95 bits per heavy atom. The number of esters is 1. The molecule has 5 nitrogen and oxygen atoms in total. The van der Waals surface area contributed by atoms with Gasteiger partial charge in [-0.15, -0.1) is 11.3 Å². The van der Waals surface area contributed by atoms with Crippen LogP contribution in [0.5, 0.6) is 0 Å². The minimum absolute atomic E-state index is 0.0907. The van der Waals surface area contributed by atoms with Gasteiger partial charge in [-0.3, -0.25) is 4.79 Å². The van der Waals surface area contributed by atoms with Crippen LogP contribution in [0.3, 0.4) is 0 Å². The van der Waals surface area contributed by atoms with E-state index in [0.29, 0.717) is 12.5 Å². The Hall–Kier alpha value is -1.40. The molecule has 0 aromatic carbocycles. The second kappa shape index (κ2) is 5.77. The van der Waals surface area contributed by atoms with Crippen LogP contribution in [0, 0.1) is 5.92 Å². The van der Waals surface area contributed by atoms with Crippen LogP contribution in [-0.4, -0.2) is 36.0 Å². The summed E-state index contributed by atoms with van der Waals surface area (Å²) in [6.45, 7) is 2.59. The summed E-state index contributed by atoms with van der Waals surface area (Å²) in [7, 11) is 0.